The Hall–Kier alpha value is -2.73. The van der Waals surface area contributed by atoms with Gasteiger partial charge in [-0.15, -0.1) is 0 Å². The van der Waals surface area contributed by atoms with E-state index in [0.29, 0.717) is 10.8 Å². The highest BCUT2D eigenvalue weighted by molar-refractivity contribution is 6.31. The van der Waals surface area contributed by atoms with Crippen molar-refractivity contribution in [3.63, 3.8) is 0 Å². The second kappa shape index (κ2) is 6.78. The topological polar surface area (TPSA) is 73.6 Å². The molecule has 7 heteroatoms. The number of rotatable bonds is 4. The van der Waals surface area contributed by atoms with Crippen LogP contribution in [0.3, 0.4) is 0 Å². The van der Waals surface area contributed by atoms with E-state index in [9.17, 15) is 10.1 Å². The Morgan fingerprint density at radius 1 is 1.19 bits per heavy atom. The molecular formula is C20H19ClN2O4. The van der Waals surface area contributed by atoms with Gasteiger partial charge in [-0.2, -0.15) is 0 Å². The number of nitro benzene ring substituents is 1. The Bertz CT molecular complexity index is 944. The lowest BCUT2D eigenvalue weighted by Gasteiger charge is -2.38. The lowest BCUT2D eigenvalue weighted by Crippen LogP contribution is -2.29. The minimum atomic E-state index is -0.396. The first-order chi connectivity index (χ1) is 13.0. The second-order valence-electron chi connectivity index (χ2n) is 6.73. The van der Waals surface area contributed by atoms with Crippen molar-refractivity contribution in [3.8, 4) is 11.5 Å². The molecule has 27 heavy (non-hydrogen) atoms. The lowest BCUT2D eigenvalue weighted by molar-refractivity contribution is -0.384. The molecule has 0 unspecified atom stereocenters. The molecule has 140 valence electrons. The van der Waals surface area contributed by atoms with Crippen LogP contribution in [0.15, 0.2) is 42.5 Å². The number of nitrogens with one attached hydrogen (secondary N) is 1. The molecule has 0 saturated heterocycles. The third kappa shape index (κ3) is 2.90. The molecule has 1 aliphatic heterocycles. The zero-order valence-electron chi connectivity index (χ0n) is 14.9. The number of nitrogens with zero attached hydrogens (tertiary/aromatic N) is 1. The standard InChI is InChI=1S/C20H19ClN2O4/c1-26-12-9-15-13-4-3-5-14(13)19(22-20(15)18(10-12)27-2)16-8-11(23(24)25)6-7-17(16)21/h3-4,6-10,13-14,19,22H,5H2,1-2H3/t13-,14+,19+/m0/s1. The fourth-order valence-electron chi connectivity index (χ4n) is 4.11. The largest absolute Gasteiger partial charge is 0.497 e. The number of anilines is 1. The van der Waals surface area contributed by atoms with Crippen molar-refractivity contribution >= 4 is 23.0 Å². The maximum Gasteiger partial charge on any atom is 0.269 e. The summed E-state index contributed by atoms with van der Waals surface area (Å²) in [4.78, 5) is 10.8. The van der Waals surface area contributed by atoms with E-state index in [1.54, 1.807) is 26.4 Å². The van der Waals surface area contributed by atoms with Crippen LogP contribution in [0.5, 0.6) is 11.5 Å². The fraction of sp³-hybridized carbons (Fsp3) is 0.300. The van der Waals surface area contributed by atoms with E-state index in [4.69, 9.17) is 21.1 Å². The molecule has 2 aromatic rings. The SMILES string of the molecule is COc1cc(OC)c2c(c1)[C@H]1C=CC[C@H]1[C@H](c1cc([N+](=O)[O-])ccc1Cl)N2. The van der Waals surface area contributed by atoms with Gasteiger partial charge in [0.05, 0.1) is 30.9 Å². The van der Waals surface area contributed by atoms with Crippen LogP contribution < -0.4 is 14.8 Å². The van der Waals surface area contributed by atoms with Crippen LogP contribution in [0.25, 0.3) is 0 Å². The van der Waals surface area contributed by atoms with Gasteiger partial charge in [-0.3, -0.25) is 10.1 Å². The fourth-order valence-corrected chi connectivity index (χ4v) is 4.35. The summed E-state index contributed by atoms with van der Waals surface area (Å²) in [5.74, 6) is 1.77. The predicted octanol–water partition coefficient (Wildman–Crippen LogP) is 5.09. The number of benzene rings is 2. The van der Waals surface area contributed by atoms with Gasteiger partial charge in [0.2, 0.25) is 0 Å². The van der Waals surface area contributed by atoms with Gasteiger partial charge in [-0.25, -0.2) is 0 Å². The number of allylic oxidation sites excluding steroid dienone is 2. The van der Waals surface area contributed by atoms with Crippen LogP contribution in [0.4, 0.5) is 11.4 Å². The van der Waals surface area contributed by atoms with E-state index >= 15 is 0 Å². The van der Waals surface area contributed by atoms with Crippen LogP contribution in [0, 0.1) is 16.0 Å². The van der Waals surface area contributed by atoms with E-state index in [0.717, 1.165) is 29.0 Å². The van der Waals surface area contributed by atoms with Crippen molar-refractivity contribution in [3.05, 3.63) is 68.7 Å². The van der Waals surface area contributed by atoms with Gasteiger partial charge >= 0.3 is 0 Å². The molecule has 1 N–H and O–H groups in total. The third-order valence-electron chi connectivity index (χ3n) is 5.39. The summed E-state index contributed by atoms with van der Waals surface area (Å²) in [6, 6.07) is 8.27. The number of hydrogen-bond acceptors (Lipinski definition) is 5. The molecule has 0 fully saturated rings. The number of methoxy groups -OCH3 is 2. The number of ether oxygens (including phenoxy) is 2. The Kier molecular flexibility index (Phi) is 4.44. The van der Waals surface area contributed by atoms with E-state index in [-0.39, 0.29) is 23.6 Å². The summed E-state index contributed by atoms with van der Waals surface area (Å²) in [6.07, 6.45) is 5.19. The van der Waals surface area contributed by atoms with Gasteiger partial charge in [0, 0.05) is 34.7 Å². The van der Waals surface area contributed by atoms with E-state index in [1.807, 2.05) is 12.1 Å². The van der Waals surface area contributed by atoms with Crippen molar-refractivity contribution in [2.75, 3.05) is 19.5 Å². The minimum absolute atomic E-state index is 0.0335. The second-order valence-corrected chi connectivity index (χ2v) is 7.14. The van der Waals surface area contributed by atoms with Gasteiger partial charge in [0.1, 0.15) is 11.5 Å². The molecule has 1 aliphatic carbocycles. The van der Waals surface area contributed by atoms with Crippen molar-refractivity contribution in [2.24, 2.45) is 5.92 Å². The van der Waals surface area contributed by atoms with E-state index in [2.05, 4.69) is 17.5 Å². The maximum absolute atomic E-state index is 11.2. The molecule has 0 aromatic heterocycles. The quantitative estimate of drug-likeness (QED) is 0.450. The Morgan fingerprint density at radius 2 is 2.00 bits per heavy atom. The first-order valence-corrected chi connectivity index (χ1v) is 9.04. The average Bonchev–Trinajstić information content (AvgIpc) is 3.17. The van der Waals surface area contributed by atoms with Crippen LogP contribution in [-0.2, 0) is 0 Å². The highest BCUT2D eigenvalue weighted by Crippen LogP contribution is 2.54. The predicted molar refractivity (Wildman–Crippen MR) is 104 cm³/mol. The van der Waals surface area contributed by atoms with Gasteiger partial charge in [-0.05, 0) is 30.0 Å². The molecular weight excluding hydrogens is 368 g/mol. The van der Waals surface area contributed by atoms with E-state index < -0.39 is 4.92 Å². The van der Waals surface area contributed by atoms with Crippen LogP contribution in [-0.4, -0.2) is 19.1 Å². The molecule has 2 aromatic carbocycles. The molecule has 2 aliphatic rings. The summed E-state index contributed by atoms with van der Waals surface area (Å²) in [5.41, 5.74) is 2.74. The lowest BCUT2D eigenvalue weighted by atomic mass is 9.76. The molecule has 0 bridgehead atoms. The van der Waals surface area contributed by atoms with Crippen LogP contribution in [0.2, 0.25) is 5.02 Å². The highest BCUT2D eigenvalue weighted by Gasteiger charge is 2.40. The summed E-state index contributed by atoms with van der Waals surface area (Å²) in [6.45, 7) is 0. The molecule has 4 rings (SSSR count). The van der Waals surface area contributed by atoms with Crippen molar-refractivity contribution in [1.29, 1.82) is 0 Å². The smallest absolute Gasteiger partial charge is 0.269 e. The molecule has 0 spiro atoms. The van der Waals surface area contributed by atoms with Crippen LogP contribution >= 0.6 is 11.6 Å². The molecule has 3 atom stereocenters. The maximum atomic E-state index is 11.2. The normalized spacial score (nSPS) is 22.6. The summed E-state index contributed by atoms with van der Waals surface area (Å²) < 4.78 is 11.0. The Labute approximate surface area is 161 Å². The first kappa shape index (κ1) is 17.7. The molecule has 0 amide bonds. The van der Waals surface area contributed by atoms with Crippen molar-refractivity contribution in [1.82, 2.24) is 0 Å². The van der Waals surface area contributed by atoms with E-state index in [1.165, 1.54) is 6.07 Å². The zero-order valence-corrected chi connectivity index (χ0v) is 15.7. The highest BCUT2D eigenvalue weighted by atomic mass is 35.5. The van der Waals surface area contributed by atoms with Crippen LogP contribution in [0.1, 0.15) is 29.5 Å². The van der Waals surface area contributed by atoms with Gasteiger partial charge in [0.15, 0.2) is 0 Å². The van der Waals surface area contributed by atoms with Crippen molar-refractivity contribution in [2.45, 2.75) is 18.4 Å². The van der Waals surface area contributed by atoms with Gasteiger partial charge in [-0.1, -0.05) is 23.8 Å². The zero-order chi connectivity index (χ0) is 19.1. The molecule has 6 nitrogen and oxygen atoms in total. The average molecular weight is 387 g/mol. The number of hydrogen-bond donors (Lipinski definition) is 1. The summed E-state index contributed by atoms with van der Waals surface area (Å²) in [7, 11) is 3.24. The summed E-state index contributed by atoms with van der Waals surface area (Å²) in [5, 5.41) is 15.3. The molecule has 1 heterocycles. The third-order valence-corrected chi connectivity index (χ3v) is 5.73. The summed E-state index contributed by atoms with van der Waals surface area (Å²) >= 11 is 6.44. The van der Waals surface area contributed by atoms with Crippen molar-refractivity contribution < 1.29 is 14.4 Å². The van der Waals surface area contributed by atoms with Gasteiger partial charge < -0.3 is 14.8 Å². The number of fused-ring (bicyclic) bond motifs is 3. The monoisotopic (exact) mass is 386 g/mol. The Morgan fingerprint density at radius 3 is 2.70 bits per heavy atom. The number of nitro groups is 1. The molecule has 0 radical (unpaired) electrons. The first-order valence-electron chi connectivity index (χ1n) is 8.66. The molecule has 0 saturated carbocycles. The number of non-ortho nitro benzene ring substituents is 1. The van der Waals surface area contributed by atoms with Gasteiger partial charge in [0.25, 0.3) is 5.69 Å². The Balaban J connectivity index is 1.85. The minimum Gasteiger partial charge on any atom is -0.497 e. The number of halogens is 1.